The minimum atomic E-state index is -0.0712. The summed E-state index contributed by atoms with van der Waals surface area (Å²) in [6.07, 6.45) is 1.13. The number of ether oxygens (including phenoxy) is 3. The fourth-order valence-electron chi connectivity index (χ4n) is 3.53. The number of methoxy groups -OCH3 is 1. The van der Waals surface area contributed by atoms with Crippen molar-refractivity contribution in [3.8, 4) is 17.2 Å². The number of phenolic OH excluding ortho intramolecular Hbond substituents is 1. The summed E-state index contributed by atoms with van der Waals surface area (Å²) in [4.78, 5) is 4.69. The SMILES string of the molecule is COc1c(O)ccc2c1OCCC1C2OCCN1C(C)N(C)C. The molecule has 23 heavy (non-hydrogen) atoms. The fourth-order valence-corrected chi connectivity index (χ4v) is 3.53. The molecule has 6 heteroatoms. The first-order valence-electron chi connectivity index (χ1n) is 8.11. The minimum Gasteiger partial charge on any atom is -0.504 e. The van der Waals surface area contributed by atoms with E-state index < -0.39 is 0 Å². The van der Waals surface area contributed by atoms with Crippen LogP contribution in [0, 0.1) is 0 Å². The van der Waals surface area contributed by atoms with Crippen LogP contribution < -0.4 is 9.47 Å². The number of phenols is 1. The van der Waals surface area contributed by atoms with Gasteiger partial charge in [0.05, 0.1) is 26.5 Å². The van der Waals surface area contributed by atoms with E-state index in [-0.39, 0.29) is 17.9 Å². The largest absolute Gasteiger partial charge is 0.504 e. The highest BCUT2D eigenvalue weighted by atomic mass is 16.5. The van der Waals surface area contributed by atoms with E-state index in [9.17, 15) is 5.11 Å². The molecule has 0 aromatic heterocycles. The molecule has 128 valence electrons. The fraction of sp³-hybridized carbons (Fsp3) is 0.647. The van der Waals surface area contributed by atoms with Gasteiger partial charge >= 0.3 is 0 Å². The maximum atomic E-state index is 10.0. The third-order valence-electron chi connectivity index (χ3n) is 4.94. The Balaban J connectivity index is 1.99. The third-order valence-corrected chi connectivity index (χ3v) is 4.94. The summed E-state index contributed by atoms with van der Waals surface area (Å²) < 4.78 is 17.4. The zero-order valence-electron chi connectivity index (χ0n) is 14.3. The second-order valence-electron chi connectivity index (χ2n) is 6.37. The van der Waals surface area contributed by atoms with Crippen molar-refractivity contribution in [3.63, 3.8) is 0 Å². The van der Waals surface area contributed by atoms with Gasteiger partial charge in [0.1, 0.15) is 6.10 Å². The lowest BCUT2D eigenvalue weighted by atomic mass is 9.96. The summed E-state index contributed by atoms with van der Waals surface area (Å²) >= 11 is 0. The first kappa shape index (κ1) is 16.4. The van der Waals surface area contributed by atoms with Crippen molar-refractivity contribution in [2.24, 2.45) is 0 Å². The molecular weight excluding hydrogens is 296 g/mol. The van der Waals surface area contributed by atoms with Crippen molar-refractivity contribution in [2.45, 2.75) is 31.7 Å². The van der Waals surface area contributed by atoms with Gasteiger partial charge in [-0.2, -0.15) is 0 Å². The number of nitrogens with zero attached hydrogens (tertiary/aromatic N) is 2. The van der Waals surface area contributed by atoms with Crippen molar-refractivity contribution in [3.05, 3.63) is 17.7 Å². The van der Waals surface area contributed by atoms with Crippen molar-refractivity contribution >= 4 is 0 Å². The summed E-state index contributed by atoms with van der Waals surface area (Å²) in [6.45, 7) is 4.38. The van der Waals surface area contributed by atoms with Crippen LogP contribution in [0.2, 0.25) is 0 Å². The molecule has 2 aliphatic heterocycles. The van der Waals surface area contributed by atoms with Crippen LogP contribution in [0.4, 0.5) is 0 Å². The molecule has 1 saturated heterocycles. The Morgan fingerprint density at radius 1 is 1.35 bits per heavy atom. The lowest BCUT2D eigenvalue weighted by molar-refractivity contribution is -0.107. The van der Waals surface area contributed by atoms with Gasteiger partial charge in [0.2, 0.25) is 5.75 Å². The third kappa shape index (κ3) is 2.86. The lowest BCUT2D eigenvalue weighted by Crippen LogP contribution is -2.55. The van der Waals surface area contributed by atoms with Gasteiger partial charge in [-0.1, -0.05) is 0 Å². The van der Waals surface area contributed by atoms with E-state index in [2.05, 4.69) is 30.8 Å². The predicted octanol–water partition coefficient (Wildman–Crippen LogP) is 1.83. The monoisotopic (exact) mass is 322 g/mol. The molecule has 3 rings (SSSR count). The first-order chi connectivity index (χ1) is 11.0. The Labute approximate surface area is 137 Å². The summed E-state index contributed by atoms with van der Waals surface area (Å²) in [5.41, 5.74) is 0.956. The molecular formula is C17H26N2O4. The molecule has 2 heterocycles. The lowest BCUT2D eigenvalue weighted by Gasteiger charge is -2.45. The molecule has 0 aliphatic carbocycles. The molecule has 0 spiro atoms. The number of fused-ring (bicyclic) bond motifs is 3. The maximum absolute atomic E-state index is 10.0. The zero-order valence-corrected chi connectivity index (χ0v) is 14.3. The molecule has 6 nitrogen and oxygen atoms in total. The molecule has 3 atom stereocenters. The molecule has 1 fully saturated rings. The van der Waals surface area contributed by atoms with Gasteiger partial charge in [-0.05, 0) is 39.6 Å². The number of aromatic hydroxyl groups is 1. The van der Waals surface area contributed by atoms with E-state index >= 15 is 0 Å². The van der Waals surface area contributed by atoms with E-state index in [1.165, 1.54) is 0 Å². The van der Waals surface area contributed by atoms with Crippen LogP contribution in [0.15, 0.2) is 12.1 Å². The van der Waals surface area contributed by atoms with Gasteiger partial charge in [-0.3, -0.25) is 9.80 Å². The van der Waals surface area contributed by atoms with Crippen LogP contribution >= 0.6 is 0 Å². The quantitative estimate of drug-likeness (QED) is 0.916. The molecule has 3 unspecified atom stereocenters. The zero-order chi connectivity index (χ0) is 16.6. The standard InChI is InChI=1S/C17H26N2O4/c1-11(18(2)3)19-8-10-23-15-12-5-6-14(20)17(21-4)16(12)22-9-7-13(15)19/h5-6,11,13,15,20H,7-10H2,1-4H3. The molecule has 1 aromatic carbocycles. The average molecular weight is 322 g/mol. The molecule has 1 aromatic rings. The average Bonchev–Trinajstić information content (AvgIpc) is 2.73. The molecule has 0 bridgehead atoms. The smallest absolute Gasteiger partial charge is 0.203 e. The summed E-state index contributed by atoms with van der Waals surface area (Å²) in [5.74, 6) is 1.10. The van der Waals surface area contributed by atoms with Crippen LogP contribution in [0.3, 0.4) is 0 Å². The number of hydrogen-bond donors (Lipinski definition) is 1. The highest BCUT2D eigenvalue weighted by Gasteiger charge is 2.40. The maximum Gasteiger partial charge on any atom is 0.203 e. The van der Waals surface area contributed by atoms with Gasteiger partial charge in [0.25, 0.3) is 0 Å². The Bertz CT molecular complexity index is 564. The number of benzene rings is 1. The normalized spacial score (nSPS) is 26.0. The Morgan fingerprint density at radius 2 is 2.13 bits per heavy atom. The van der Waals surface area contributed by atoms with E-state index in [0.717, 1.165) is 18.5 Å². The molecule has 0 radical (unpaired) electrons. The molecule has 2 aliphatic rings. The number of hydrogen-bond acceptors (Lipinski definition) is 6. The summed E-state index contributed by atoms with van der Waals surface area (Å²) in [7, 11) is 5.73. The first-order valence-corrected chi connectivity index (χ1v) is 8.11. The summed E-state index contributed by atoms with van der Waals surface area (Å²) in [6, 6.07) is 3.79. The Kier molecular flexibility index (Phi) is 4.66. The highest BCUT2D eigenvalue weighted by molar-refractivity contribution is 5.56. The molecule has 0 saturated carbocycles. The Hall–Kier alpha value is -1.50. The summed E-state index contributed by atoms with van der Waals surface area (Å²) in [5, 5.41) is 10.0. The van der Waals surface area contributed by atoms with Gasteiger partial charge in [0.15, 0.2) is 11.5 Å². The topological polar surface area (TPSA) is 54.4 Å². The van der Waals surface area contributed by atoms with Crippen molar-refractivity contribution in [2.75, 3.05) is 41.0 Å². The number of rotatable bonds is 3. The van der Waals surface area contributed by atoms with Crippen molar-refractivity contribution in [1.82, 2.24) is 9.80 Å². The molecule has 1 N–H and O–H groups in total. The molecule has 0 amide bonds. The van der Waals surface area contributed by atoms with E-state index in [1.54, 1.807) is 13.2 Å². The predicted molar refractivity (Wildman–Crippen MR) is 87.1 cm³/mol. The minimum absolute atomic E-state index is 0.0712. The van der Waals surface area contributed by atoms with E-state index in [1.807, 2.05) is 6.07 Å². The highest BCUT2D eigenvalue weighted by Crippen LogP contribution is 2.47. The number of morpholine rings is 1. The van der Waals surface area contributed by atoms with E-state index in [0.29, 0.717) is 30.9 Å². The van der Waals surface area contributed by atoms with Gasteiger partial charge in [-0.25, -0.2) is 0 Å². The van der Waals surface area contributed by atoms with Crippen LogP contribution in [0.25, 0.3) is 0 Å². The Morgan fingerprint density at radius 3 is 2.83 bits per heavy atom. The second kappa shape index (κ2) is 6.55. The van der Waals surface area contributed by atoms with Crippen molar-refractivity contribution in [1.29, 1.82) is 0 Å². The van der Waals surface area contributed by atoms with Crippen LogP contribution in [0.1, 0.15) is 25.0 Å². The second-order valence-corrected chi connectivity index (χ2v) is 6.37. The van der Waals surface area contributed by atoms with Crippen LogP contribution in [-0.2, 0) is 4.74 Å². The van der Waals surface area contributed by atoms with E-state index in [4.69, 9.17) is 14.2 Å². The van der Waals surface area contributed by atoms with Gasteiger partial charge in [0, 0.05) is 18.2 Å². The van der Waals surface area contributed by atoms with Crippen LogP contribution in [0.5, 0.6) is 17.2 Å². The van der Waals surface area contributed by atoms with Crippen molar-refractivity contribution < 1.29 is 19.3 Å². The van der Waals surface area contributed by atoms with Gasteiger partial charge < -0.3 is 19.3 Å². The van der Waals surface area contributed by atoms with Crippen LogP contribution in [-0.4, -0.2) is 68.1 Å². The van der Waals surface area contributed by atoms with Gasteiger partial charge in [-0.15, -0.1) is 0 Å².